The molecule has 0 aliphatic carbocycles. The molecule has 0 bridgehead atoms. The number of piperidine rings is 1. The number of aromatic nitrogens is 1. The largest absolute Gasteiger partial charge is 0.361 e. The third-order valence-electron chi connectivity index (χ3n) is 5.94. The smallest absolute Gasteiger partial charge is 0.253 e. The second kappa shape index (κ2) is 10.3. The van der Waals surface area contributed by atoms with E-state index in [0.717, 1.165) is 59.9 Å². The van der Waals surface area contributed by atoms with E-state index < -0.39 is 0 Å². The van der Waals surface area contributed by atoms with E-state index >= 15 is 0 Å². The fourth-order valence-electron chi connectivity index (χ4n) is 4.13. The van der Waals surface area contributed by atoms with Gasteiger partial charge in [0.05, 0.1) is 0 Å². The van der Waals surface area contributed by atoms with E-state index in [4.69, 9.17) is 0 Å². The zero-order valence-electron chi connectivity index (χ0n) is 18.5. The molecule has 1 saturated heterocycles. The van der Waals surface area contributed by atoms with Crippen LogP contribution in [0.5, 0.6) is 0 Å². The zero-order chi connectivity index (χ0) is 22.3. The summed E-state index contributed by atoms with van der Waals surface area (Å²) in [5, 5.41) is 7.66. The third kappa shape index (κ3) is 5.28. The highest BCUT2D eigenvalue weighted by Gasteiger charge is 2.17. The fraction of sp³-hybridized carbons (Fsp3) is 0.360. The normalized spacial score (nSPS) is 14.6. The second-order valence-electron chi connectivity index (χ2n) is 8.16. The molecule has 4 rings (SSSR count). The summed E-state index contributed by atoms with van der Waals surface area (Å²) in [6.45, 7) is 3.04. The minimum Gasteiger partial charge on any atom is -0.361 e. The lowest BCUT2D eigenvalue weighted by molar-refractivity contribution is 0.0724. The van der Waals surface area contributed by atoms with Gasteiger partial charge in [-0.05, 0) is 67.1 Å². The van der Waals surface area contributed by atoms with Crippen molar-refractivity contribution in [2.24, 2.45) is 4.99 Å². The average molecular weight is 436 g/mol. The standard InChI is InChI=1S/C25H30FN5O/c1-27-25(28-12-11-20-17-29-23-15-21(26)9-10-22(20)23)30-16-18-5-7-19(8-6-18)24(32)31-13-3-2-4-14-31/h5-10,15,17,29H,2-4,11-14,16H2,1H3,(H2,27,28,30). The van der Waals surface area contributed by atoms with Crippen LogP contribution >= 0.6 is 0 Å². The van der Waals surface area contributed by atoms with Gasteiger partial charge in [-0.2, -0.15) is 0 Å². The minimum atomic E-state index is -0.238. The van der Waals surface area contributed by atoms with Crippen LogP contribution < -0.4 is 10.6 Å². The van der Waals surface area contributed by atoms with Gasteiger partial charge < -0.3 is 20.5 Å². The first-order chi connectivity index (χ1) is 15.6. The summed E-state index contributed by atoms with van der Waals surface area (Å²) in [4.78, 5) is 21.9. The number of aliphatic imine (C=N–C) groups is 1. The van der Waals surface area contributed by atoms with E-state index in [-0.39, 0.29) is 11.7 Å². The number of carbonyl (C=O) groups is 1. The first-order valence-electron chi connectivity index (χ1n) is 11.2. The molecule has 2 heterocycles. The predicted molar refractivity (Wildman–Crippen MR) is 126 cm³/mol. The second-order valence-corrected chi connectivity index (χ2v) is 8.16. The highest BCUT2D eigenvalue weighted by atomic mass is 19.1. The van der Waals surface area contributed by atoms with Crippen molar-refractivity contribution in [1.82, 2.24) is 20.5 Å². The van der Waals surface area contributed by atoms with Crippen LogP contribution in [0.2, 0.25) is 0 Å². The van der Waals surface area contributed by atoms with Crippen LogP contribution in [0.4, 0.5) is 4.39 Å². The molecule has 1 aromatic heterocycles. The molecular weight excluding hydrogens is 405 g/mol. The number of hydrogen-bond donors (Lipinski definition) is 3. The summed E-state index contributed by atoms with van der Waals surface area (Å²) in [5.74, 6) is 0.601. The van der Waals surface area contributed by atoms with Crippen molar-refractivity contribution in [3.05, 3.63) is 71.2 Å². The van der Waals surface area contributed by atoms with Crippen LogP contribution in [0.1, 0.15) is 40.7 Å². The molecule has 0 saturated carbocycles. The molecule has 32 heavy (non-hydrogen) atoms. The number of amides is 1. The molecule has 1 aliphatic heterocycles. The maximum atomic E-state index is 13.3. The number of H-pyrrole nitrogens is 1. The Balaban J connectivity index is 1.25. The van der Waals surface area contributed by atoms with Crippen LogP contribution in [0.3, 0.4) is 0 Å². The summed E-state index contributed by atoms with van der Waals surface area (Å²) in [6.07, 6.45) is 6.12. The molecule has 3 aromatic rings. The maximum Gasteiger partial charge on any atom is 0.253 e. The molecule has 3 N–H and O–H groups in total. The Hall–Kier alpha value is -3.35. The van der Waals surface area contributed by atoms with Gasteiger partial charge in [0.15, 0.2) is 5.96 Å². The minimum absolute atomic E-state index is 0.127. The SMILES string of the molecule is CN=C(NCCc1c[nH]c2cc(F)ccc12)NCc1ccc(C(=O)N2CCCCC2)cc1. The van der Waals surface area contributed by atoms with Crippen molar-refractivity contribution < 1.29 is 9.18 Å². The average Bonchev–Trinajstić information content (AvgIpc) is 3.23. The number of halogens is 1. The van der Waals surface area contributed by atoms with Crippen LogP contribution in [0, 0.1) is 5.82 Å². The van der Waals surface area contributed by atoms with E-state index in [0.29, 0.717) is 19.0 Å². The Morgan fingerprint density at radius 1 is 1.09 bits per heavy atom. The van der Waals surface area contributed by atoms with E-state index in [2.05, 4.69) is 20.6 Å². The fourth-order valence-corrected chi connectivity index (χ4v) is 4.13. The van der Waals surface area contributed by atoms with Crippen molar-refractivity contribution in [2.45, 2.75) is 32.2 Å². The highest BCUT2D eigenvalue weighted by molar-refractivity contribution is 5.94. The van der Waals surface area contributed by atoms with E-state index in [1.54, 1.807) is 7.05 Å². The number of rotatable bonds is 6. The van der Waals surface area contributed by atoms with Gasteiger partial charge in [0, 0.05) is 55.9 Å². The molecule has 2 aromatic carbocycles. The number of nitrogens with zero attached hydrogens (tertiary/aromatic N) is 2. The number of fused-ring (bicyclic) bond motifs is 1. The number of benzene rings is 2. The summed E-state index contributed by atoms with van der Waals surface area (Å²) in [7, 11) is 1.74. The molecule has 0 unspecified atom stereocenters. The van der Waals surface area contributed by atoms with Crippen molar-refractivity contribution in [1.29, 1.82) is 0 Å². The first-order valence-corrected chi connectivity index (χ1v) is 11.2. The quantitative estimate of drug-likeness (QED) is 0.407. The van der Waals surface area contributed by atoms with Gasteiger partial charge in [-0.25, -0.2) is 4.39 Å². The van der Waals surface area contributed by atoms with Gasteiger partial charge in [0.25, 0.3) is 5.91 Å². The number of aromatic amines is 1. The van der Waals surface area contributed by atoms with Gasteiger partial charge in [-0.15, -0.1) is 0 Å². The molecule has 6 nitrogen and oxygen atoms in total. The van der Waals surface area contributed by atoms with Crippen LogP contribution in [0.15, 0.2) is 53.7 Å². The van der Waals surface area contributed by atoms with E-state index in [1.165, 1.54) is 18.6 Å². The van der Waals surface area contributed by atoms with E-state index in [9.17, 15) is 9.18 Å². The first kappa shape index (κ1) is 21.9. The number of carbonyl (C=O) groups excluding carboxylic acids is 1. The number of hydrogen-bond acceptors (Lipinski definition) is 2. The van der Waals surface area contributed by atoms with Crippen molar-refractivity contribution in [3.63, 3.8) is 0 Å². The third-order valence-corrected chi connectivity index (χ3v) is 5.94. The van der Waals surface area contributed by atoms with Gasteiger partial charge in [-0.1, -0.05) is 12.1 Å². The van der Waals surface area contributed by atoms with Crippen LogP contribution in [0.25, 0.3) is 10.9 Å². The Morgan fingerprint density at radius 2 is 1.88 bits per heavy atom. The molecule has 1 amide bonds. The van der Waals surface area contributed by atoms with Gasteiger partial charge in [-0.3, -0.25) is 9.79 Å². The Morgan fingerprint density at radius 3 is 2.62 bits per heavy atom. The van der Waals surface area contributed by atoms with Crippen LogP contribution in [-0.2, 0) is 13.0 Å². The topological polar surface area (TPSA) is 72.5 Å². The van der Waals surface area contributed by atoms with Crippen molar-refractivity contribution in [3.8, 4) is 0 Å². The molecule has 0 spiro atoms. The number of likely N-dealkylation sites (tertiary alicyclic amines) is 1. The molecule has 1 aliphatic rings. The molecule has 0 atom stereocenters. The lowest BCUT2D eigenvalue weighted by atomic mass is 10.1. The number of guanidine groups is 1. The monoisotopic (exact) mass is 435 g/mol. The molecule has 7 heteroatoms. The van der Waals surface area contributed by atoms with Gasteiger partial charge in [0.2, 0.25) is 0 Å². The maximum absolute atomic E-state index is 13.3. The Bertz CT molecular complexity index is 1080. The molecule has 168 valence electrons. The summed E-state index contributed by atoms with van der Waals surface area (Å²) in [6, 6.07) is 12.6. The highest BCUT2D eigenvalue weighted by Crippen LogP contribution is 2.19. The summed E-state index contributed by atoms with van der Waals surface area (Å²) in [5.41, 5.74) is 3.78. The zero-order valence-corrected chi connectivity index (χ0v) is 18.5. The summed E-state index contributed by atoms with van der Waals surface area (Å²) < 4.78 is 13.3. The lowest BCUT2D eigenvalue weighted by Gasteiger charge is -2.26. The van der Waals surface area contributed by atoms with Gasteiger partial charge >= 0.3 is 0 Å². The summed E-state index contributed by atoms with van der Waals surface area (Å²) >= 11 is 0. The van der Waals surface area contributed by atoms with Crippen molar-refractivity contribution in [2.75, 3.05) is 26.7 Å². The molecule has 1 fully saturated rings. The Kier molecular flexibility index (Phi) is 7.04. The Labute approximate surface area is 187 Å². The number of nitrogens with one attached hydrogen (secondary N) is 3. The van der Waals surface area contributed by atoms with Gasteiger partial charge in [0.1, 0.15) is 5.82 Å². The van der Waals surface area contributed by atoms with E-state index in [1.807, 2.05) is 41.4 Å². The predicted octanol–water partition coefficient (Wildman–Crippen LogP) is 3.84. The van der Waals surface area contributed by atoms with Crippen molar-refractivity contribution >= 4 is 22.8 Å². The lowest BCUT2D eigenvalue weighted by Crippen LogP contribution is -2.37. The molecular formula is C25H30FN5O. The molecule has 0 radical (unpaired) electrons. The van der Waals surface area contributed by atoms with Crippen LogP contribution in [-0.4, -0.2) is 48.4 Å².